The lowest BCUT2D eigenvalue weighted by Gasteiger charge is -2.31. The molecule has 0 heterocycles. The second kappa shape index (κ2) is 6.35. The largest absolute Gasteiger partial charge is 0.355 e. The second-order valence-electron chi connectivity index (χ2n) is 4.25. The molecule has 0 aliphatic heterocycles. The molecular weight excluding hydrogens is 180 g/mol. The molecule has 2 N–H and O–H groups in total. The van der Waals surface area contributed by atoms with E-state index < -0.39 is 6.41 Å². The van der Waals surface area contributed by atoms with Crippen LogP contribution >= 0.6 is 0 Å². The van der Waals surface area contributed by atoms with Gasteiger partial charge in [-0.15, -0.1) is 0 Å². The molecule has 0 aromatic rings. The number of hydrogen-bond acceptors (Lipinski definition) is 4. The first-order valence-corrected chi connectivity index (χ1v) is 5.26. The van der Waals surface area contributed by atoms with Crippen LogP contribution in [0.3, 0.4) is 0 Å². The van der Waals surface area contributed by atoms with Crippen LogP contribution in [0.4, 0.5) is 0 Å². The Labute approximate surface area is 87.2 Å². The highest BCUT2D eigenvalue weighted by Gasteiger charge is 2.21. The number of nitrogens with one attached hydrogen (secondary N) is 1. The maximum Gasteiger partial charge on any atom is 0.229 e. The summed E-state index contributed by atoms with van der Waals surface area (Å²) in [5.74, 6) is 0. The van der Waals surface area contributed by atoms with E-state index in [1.165, 1.54) is 0 Å². The van der Waals surface area contributed by atoms with E-state index >= 15 is 0 Å². The zero-order chi connectivity index (χ0) is 11.2. The Morgan fingerprint density at radius 3 is 2.29 bits per heavy atom. The molecule has 0 amide bonds. The van der Waals surface area contributed by atoms with Gasteiger partial charge in [0, 0.05) is 13.1 Å². The van der Waals surface area contributed by atoms with E-state index in [1.54, 1.807) is 5.01 Å². The fourth-order valence-corrected chi connectivity index (χ4v) is 0.981. The minimum atomic E-state index is -0.883. The third-order valence-electron chi connectivity index (χ3n) is 1.63. The van der Waals surface area contributed by atoms with Crippen LogP contribution in [-0.4, -0.2) is 35.2 Å². The Morgan fingerprint density at radius 1 is 1.36 bits per heavy atom. The molecule has 0 aromatic heterocycles. The first kappa shape index (κ1) is 13.8. The third kappa shape index (κ3) is 6.32. The van der Waals surface area contributed by atoms with Gasteiger partial charge in [-0.05, 0) is 27.2 Å². The lowest BCUT2D eigenvalue weighted by atomic mass is 10.2. The van der Waals surface area contributed by atoms with Crippen molar-refractivity contribution in [2.45, 2.75) is 53.1 Å². The number of aliphatic hydroxyl groups excluding tert-OH is 1. The molecule has 0 bridgehead atoms. The van der Waals surface area contributed by atoms with Gasteiger partial charge in [0.25, 0.3) is 0 Å². The molecule has 1 unspecified atom stereocenters. The molecule has 0 spiro atoms. The van der Waals surface area contributed by atoms with Gasteiger partial charge >= 0.3 is 0 Å². The van der Waals surface area contributed by atoms with Crippen LogP contribution in [-0.2, 0) is 4.74 Å². The van der Waals surface area contributed by atoms with E-state index in [0.717, 1.165) is 13.0 Å². The van der Waals surface area contributed by atoms with Gasteiger partial charge in [-0.1, -0.05) is 13.8 Å². The highest BCUT2D eigenvalue weighted by Crippen LogP contribution is 2.10. The summed E-state index contributed by atoms with van der Waals surface area (Å²) >= 11 is 0. The Balaban J connectivity index is 3.97. The standard InChI is InChI=1S/C10H24N2O2/c1-6-8-11-12(7-2)9(13)14-10(3,4)5/h9,11,13H,6-8H2,1-5H3. The summed E-state index contributed by atoms with van der Waals surface area (Å²) in [6.45, 7) is 11.4. The van der Waals surface area contributed by atoms with Crippen molar-refractivity contribution < 1.29 is 9.84 Å². The molecule has 14 heavy (non-hydrogen) atoms. The number of aliphatic hydroxyl groups is 1. The number of nitrogens with zero attached hydrogens (tertiary/aromatic N) is 1. The predicted molar refractivity (Wildman–Crippen MR) is 57.5 cm³/mol. The summed E-state index contributed by atoms with van der Waals surface area (Å²) in [7, 11) is 0. The molecule has 4 heteroatoms. The molecule has 0 saturated heterocycles. The summed E-state index contributed by atoms with van der Waals surface area (Å²) in [5.41, 5.74) is 2.77. The van der Waals surface area contributed by atoms with Crippen molar-refractivity contribution in [2.24, 2.45) is 0 Å². The SMILES string of the molecule is CCCNN(CC)C(O)OC(C)(C)C. The summed E-state index contributed by atoms with van der Waals surface area (Å²) < 4.78 is 5.41. The first-order valence-electron chi connectivity index (χ1n) is 5.26. The first-order chi connectivity index (χ1) is 6.40. The van der Waals surface area contributed by atoms with Crippen LogP contribution in [0.2, 0.25) is 0 Å². The van der Waals surface area contributed by atoms with E-state index in [4.69, 9.17) is 4.74 Å². The van der Waals surface area contributed by atoms with Crippen LogP contribution in [0.1, 0.15) is 41.0 Å². The maximum atomic E-state index is 9.71. The van der Waals surface area contributed by atoms with E-state index in [0.29, 0.717) is 6.54 Å². The van der Waals surface area contributed by atoms with E-state index in [1.807, 2.05) is 27.7 Å². The Kier molecular flexibility index (Phi) is 6.27. The number of hydrazine groups is 1. The van der Waals surface area contributed by atoms with Crippen molar-refractivity contribution in [1.82, 2.24) is 10.4 Å². The topological polar surface area (TPSA) is 44.7 Å². The summed E-state index contributed by atoms with van der Waals surface area (Å²) in [6.07, 6.45) is 0.144. The van der Waals surface area contributed by atoms with Crippen LogP contribution in [0.15, 0.2) is 0 Å². The van der Waals surface area contributed by atoms with Gasteiger partial charge in [0.15, 0.2) is 0 Å². The molecule has 4 nitrogen and oxygen atoms in total. The summed E-state index contributed by atoms with van der Waals surface area (Å²) in [5, 5.41) is 11.4. The fraction of sp³-hybridized carbons (Fsp3) is 1.00. The molecule has 0 aliphatic rings. The average molecular weight is 204 g/mol. The van der Waals surface area contributed by atoms with Crippen LogP contribution in [0.5, 0.6) is 0 Å². The van der Waals surface area contributed by atoms with Gasteiger partial charge in [0.1, 0.15) is 0 Å². The van der Waals surface area contributed by atoms with Gasteiger partial charge < -0.3 is 9.84 Å². The molecule has 0 aliphatic carbocycles. The molecule has 86 valence electrons. The summed E-state index contributed by atoms with van der Waals surface area (Å²) in [6, 6.07) is 0. The number of ether oxygens (including phenoxy) is 1. The van der Waals surface area contributed by atoms with Gasteiger partial charge in [0.05, 0.1) is 5.60 Å². The lowest BCUT2D eigenvalue weighted by Crippen LogP contribution is -2.49. The quantitative estimate of drug-likeness (QED) is 0.506. The van der Waals surface area contributed by atoms with Crippen molar-refractivity contribution >= 4 is 0 Å². The van der Waals surface area contributed by atoms with Crippen molar-refractivity contribution in [2.75, 3.05) is 13.1 Å². The zero-order valence-electron chi connectivity index (χ0n) is 10.0. The fourth-order valence-electron chi connectivity index (χ4n) is 0.981. The monoisotopic (exact) mass is 204 g/mol. The minimum Gasteiger partial charge on any atom is -0.355 e. The summed E-state index contributed by atoms with van der Waals surface area (Å²) in [4.78, 5) is 0. The van der Waals surface area contributed by atoms with Crippen LogP contribution in [0, 0.1) is 0 Å². The lowest BCUT2D eigenvalue weighted by molar-refractivity contribution is -0.251. The number of rotatable bonds is 6. The molecule has 0 aromatic carbocycles. The molecule has 1 atom stereocenters. The molecule has 0 fully saturated rings. The maximum absolute atomic E-state index is 9.71. The van der Waals surface area contributed by atoms with Crippen LogP contribution in [0.25, 0.3) is 0 Å². The van der Waals surface area contributed by atoms with Crippen molar-refractivity contribution in [3.63, 3.8) is 0 Å². The van der Waals surface area contributed by atoms with Crippen molar-refractivity contribution in [1.29, 1.82) is 0 Å². The molecule has 0 radical (unpaired) electrons. The van der Waals surface area contributed by atoms with Crippen LogP contribution < -0.4 is 5.43 Å². The number of hydrogen-bond donors (Lipinski definition) is 2. The third-order valence-corrected chi connectivity index (χ3v) is 1.63. The smallest absolute Gasteiger partial charge is 0.229 e. The van der Waals surface area contributed by atoms with Gasteiger partial charge in [-0.3, -0.25) is 5.43 Å². The van der Waals surface area contributed by atoms with Gasteiger partial charge in [-0.25, -0.2) is 0 Å². The van der Waals surface area contributed by atoms with Crippen molar-refractivity contribution in [3.8, 4) is 0 Å². The Morgan fingerprint density at radius 2 is 1.93 bits per heavy atom. The second-order valence-corrected chi connectivity index (χ2v) is 4.25. The van der Waals surface area contributed by atoms with E-state index in [-0.39, 0.29) is 5.60 Å². The Bertz CT molecular complexity index is 146. The zero-order valence-corrected chi connectivity index (χ0v) is 10.0. The van der Waals surface area contributed by atoms with Crippen molar-refractivity contribution in [3.05, 3.63) is 0 Å². The minimum absolute atomic E-state index is 0.333. The Hall–Kier alpha value is -0.160. The predicted octanol–water partition coefficient (Wildman–Crippen LogP) is 1.31. The molecule has 0 rings (SSSR count). The highest BCUT2D eigenvalue weighted by molar-refractivity contribution is 4.60. The molecular formula is C10H24N2O2. The average Bonchev–Trinajstić information content (AvgIpc) is 2.02. The highest BCUT2D eigenvalue weighted by atomic mass is 16.6. The normalized spacial score (nSPS) is 14.8. The van der Waals surface area contributed by atoms with E-state index in [9.17, 15) is 5.11 Å². The van der Waals surface area contributed by atoms with Gasteiger partial charge in [-0.2, -0.15) is 5.01 Å². The van der Waals surface area contributed by atoms with E-state index in [2.05, 4.69) is 12.3 Å². The van der Waals surface area contributed by atoms with Gasteiger partial charge in [0.2, 0.25) is 6.41 Å². The molecule has 0 saturated carbocycles.